The fraction of sp³-hybridized carbons (Fsp3) is 0.417. The van der Waals surface area contributed by atoms with Gasteiger partial charge in [-0.3, -0.25) is 9.69 Å². The molecule has 3 nitrogen and oxygen atoms in total. The topological polar surface area (TPSA) is 40.5 Å². The molecule has 0 aromatic heterocycles. The molecule has 0 radical (unpaired) electrons. The summed E-state index contributed by atoms with van der Waals surface area (Å²) in [6, 6.07) is 7.47. The van der Waals surface area contributed by atoms with Gasteiger partial charge >= 0.3 is 5.97 Å². The highest BCUT2D eigenvalue weighted by Crippen LogP contribution is 2.14. The van der Waals surface area contributed by atoms with Crippen LogP contribution in [0.2, 0.25) is 0 Å². The first-order valence-electron chi connectivity index (χ1n) is 5.26. The average molecular weight is 286 g/mol. The van der Waals surface area contributed by atoms with Crippen LogP contribution in [0.15, 0.2) is 28.7 Å². The van der Waals surface area contributed by atoms with Crippen LogP contribution >= 0.6 is 15.9 Å². The number of hydrogen-bond donors (Lipinski definition) is 1. The molecule has 1 atom stereocenters. The normalized spacial score (nSPS) is 12.8. The van der Waals surface area contributed by atoms with Crippen molar-refractivity contribution in [3.63, 3.8) is 0 Å². The monoisotopic (exact) mass is 285 g/mol. The number of likely N-dealkylation sites (N-methyl/N-ethyl adjacent to an activating group) is 1. The van der Waals surface area contributed by atoms with Gasteiger partial charge in [0.15, 0.2) is 0 Å². The second kappa shape index (κ2) is 6.01. The van der Waals surface area contributed by atoms with Gasteiger partial charge in [-0.15, -0.1) is 0 Å². The minimum atomic E-state index is -0.781. The lowest BCUT2D eigenvalue weighted by molar-refractivity contribution is -0.142. The Hall–Kier alpha value is -0.870. The second-order valence-corrected chi connectivity index (χ2v) is 4.62. The summed E-state index contributed by atoms with van der Waals surface area (Å²) in [6.45, 7) is 5.06. The number of benzene rings is 1. The third-order valence-corrected chi connectivity index (χ3v) is 3.08. The Balaban J connectivity index is 2.74. The molecule has 1 N–H and O–H groups in total. The number of hydrogen-bond acceptors (Lipinski definition) is 2. The predicted octanol–water partition coefficient (Wildman–Crippen LogP) is 2.74. The standard InChI is InChI=1S/C12H16BrNO2/c1-3-14(9(2)12(15)16)8-10-5-4-6-11(13)7-10/h4-7,9H,3,8H2,1-2H3,(H,15,16). The van der Waals surface area contributed by atoms with Gasteiger partial charge in [-0.05, 0) is 31.2 Å². The van der Waals surface area contributed by atoms with Crippen molar-refractivity contribution < 1.29 is 9.90 Å². The van der Waals surface area contributed by atoms with Crippen LogP contribution in [-0.4, -0.2) is 28.6 Å². The Morgan fingerprint density at radius 3 is 2.75 bits per heavy atom. The molecule has 1 rings (SSSR count). The van der Waals surface area contributed by atoms with E-state index < -0.39 is 12.0 Å². The van der Waals surface area contributed by atoms with Gasteiger partial charge in [0.25, 0.3) is 0 Å². The van der Waals surface area contributed by atoms with Crippen molar-refractivity contribution in [2.45, 2.75) is 26.4 Å². The smallest absolute Gasteiger partial charge is 0.320 e. The summed E-state index contributed by atoms with van der Waals surface area (Å²) in [5.41, 5.74) is 1.12. The van der Waals surface area contributed by atoms with Crippen LogP contribution in [0, 0.1) is 0 Å². The molecule has 0 spiro atoms. The number of carboxylic acid groups (broad SMARTS) is 1. The number of halogens is 1. The Morgan fingerprint density at radius 2 is 2.25 bits per heavy atom. The zero-order valence-electron chi connectivity index (χ0n) is 9.48. The van der Waals surface area contributed by atoms with Crippen molar-refractivity contribution in [1.82, 2.24) is 4.90 Å². The molecule has 0 saturated carbocycles. The van der Waals surface area contributed by atoms with Crippen LogP contribution in [0.25, 0.3) is 0 Å². The summed E-state index contributed by atoms with van der Waals surface area (Å²) in [6.07, 6.45) is 0. The molecule has 0 aliphatic heterocycles. The molecular weight excluding hydrogens is 270 g/mol. The highest BCUT2D eigenvalue weighted by Gasteiger charge is 2.18. The third-order valence-electron chi connectivity index (χ3n) is 2.59. The summed E-state index contributed by atoms with van der Waals surface area (Å²) in [4.78, 5) is 12.8. The summed E-state index contributed by atoms with van der Waals surface area (Å²) in [7, 11) is 0. The molecule has 0 aliphatic carbocycles. The molecule has 0 fully saturated rings. The summed E-state index contributed by atoms with van der Waals surface area (Å²) < 4.78 is 1.02. The molecule has 1 unspecified atom stereocenters. The Bertz CT molecular complexity index is 368. The number of carboxylic acids is 1. The minimum absolute atomic E-state index is 0.455. The highest BCUT2D eigenvalue weighted by atomic mass is 79.9. The molecule has 1 aromatic carbocycles. The van der Waals surface area contributed by atoms with Gasteiger partial charge in [-0.25, -0.2) is 0 Å². The fourth-order valence-corrected chi connectivity index (χ4v) is 2.00. The van der Waals surface area contributed by atoms with Crippen LogP contribution in [0.5, 0.6) is 0 Å². The fourth-order valence-electron chi connectivity index (χ4n) is 1.55. The number of nitrogens with zero attached hydrogens (tertiary/aromatic N) is 1. The van der Waals surface area contributed by atoms with Crippen LogP contribution in [0.4, 0.5) is 0 Å². The van der Waals surface area contributed by atoms with E-state index >= 15 is 0 Å². The lowest BCUT2D eigenvalue weighted by Gasteiger charge is -2.24. The van der Waals surface area contributed by atoms with E-state index in [9.17, 15) is 4.79 Å². The lowest BCUT2D eigenvalue weighted by Crippen LogP contribution is -2.38. The van der Waals surface area contributed by atoms with E-state index in [-0.39, 0.29) is 0 Å². The minimum Gasteiger partial charge on any atom is -0.480 e. The van der Waals surface area contributed by atoms with Crippen LogP contribution in [0.1, 0.15) is 19.4 Å². The molecule has 16 heavy (non-hydrogen) atoms. The van der Waals surface area contributed by atoms with Crippen molar-refractivity contribution in [2.75, 3.05) is 6.54 Å². The van der Waals surface area contributed by atoms with Crippen molar-refractivity contribution >= 4 is 21.9 Å². The molecule has 4 heteroatoms. The summed E-state index contributed by atoms with van der Waals surface area (Å²) in [5.74, 6) is -0.781. The summed E-state index contributed by atoms with van der Waals surface area (Å²) >= 11 is 3.41. The zero-order chi connectivity index (χ0) is 12.1. The van der Waals surface area contributed by atoms with E-state index in [2.05, 4.69) is 15.9 Å². The van der Waals surface area contributed by atoms with E-state index in [0.29, 0.717) is 6.54 Å². The summed E-state index contributed by atoms with van der Waals surface area (Å²) in [5, 5.41) is 8.97. The maximum absolute atomic E-state index is 10.9. The van der Waals surface area contributed by atoms with Gasteiger partial charge in [-0.1, -0.05) is 35.0 Å². The largest absolute Gasteiger partial charge is 0.480 e. The third kappa shape index (κ3) is 3.61. The van der Waals surface area contributed by atoms with Gasteiger partial charge in [0.1, 0.15) is 6.04 Å². The Kier molecular flexibility index (Phi) is 4.96. The van der Waals surface area contributed by atoms with Crippen molar-refractivity contribution in [3.8, 4) is 0 Å². The number of rotatable bonds is 5. The van der Waals surface area contributed by atoms with Crippen LogP contribution in [-0.2, 0) is 11.3 Å². The van der Waals surface area contributed by atoms with Crippen LogP contribution in [0.3, 0.4) is 0 Å². The molecule has 0 heterocycles. The number of carbonyl (C=O) groups is 1. The van der Waals surface area contributed by atoms with E-state index in [1.165, 1.54) is 0 Å². The molecule has 0 bridgehead atoms. The van der Waals surface area contributed by atoms with Crippen molar-refractivity contribution in [3.05, 3.63) is 34.3 Å². The number of aliphatic carboxylic acids is 1. The second-order valence-electron chi connectivity index (χ2n) is 3.71. The SMILES string of the molecule is CCN(Cc1cccc(Br)c1)C(C)C(=O)O. The maximum Gasteiger partial charge on any atom is 0.320 e. The van der Waals surface area contributed by atoms with E-state index in [0.717, 1.165) is 16.6 Å². The van der Waals surface area contributed by atoms with Gasteiger partial charge in [0, 0.05) is 11.0 Å². The maximum atomic E-state index is 10.9. The first-order valence-corrected chi connectivity index (χ1v) is 6.05. The zero-order valence-corrected chi connectivity index (χ0v) is 11.1. The first kappa shape index (κ1) is 13.2. The van der Waals surface area contributed by atoms with Crippen molar-refractivity contribution in [2.24, 2.45) is 0 Å². The Labute approximate surface area is 104 Å². The molecule has 0 amide bonds. The molecular formula is C12H16BrNO2. The molecule has 1 aromatic rings. The highest BCUT2D eigenvalue weighted by molar-refractivity contribution is 9.10. The van der Waals surface area contributed by atoms with Gasteiger partial charge in [0.05, 0.1) is 0 Å². The quantitative estimate of drug-likeness (QED) is 0.904. The first-order chi connectivity index (χ1) is 7.54. The predicted molar refractivity (Wildman–Crippen MR) is 67.3 cm³/mol. The average Bonchev–Trinajstić information content (AvgIpc) is 2.25. The Morgan fingerprint density at radius 1 is 1.56 bits per heavy atom. The van der Waals surface area contributed by atoms with E-state index in [1.807, 2.05) is 36.1 Å². The lowest BCUT2D eigenvalue weighted by atomic mass is 10.2. The van der Waals surface area contributed by atoms with Crippen molar-refractivity contribution in [1.29, 1.82) is 0 Å². The van der Waals surface area contributed by atoms with Crippen LogP contribution < -0.4 is 0 Å². The van der Waals surface area contributed by atoms with Gasteiger partial charge in [-0.2, -0.15) is 0 Å². The van der Waals surface area contributed by atoms with Gasteiger partial charge < -0.3 is 5.11 Å². The van der Waals surface area contributed by atoms with E-state index in [1.54, 1.807) is 6.92 Å². The van der Waals surface area contributed by atoms with Gasteiger partial charge in [0.2, 0.25) is 0 Å². The molecule has 88 valence electrons. The van der Waals surface area contributed by atoms with E-state index in [4.69, 9.17) is 5.11 Å². The molecule has 0 aliphatic rings. The molecule has 0 saturated heterocycles.